The van der Waals surface area contributed by atoms with Gasteiger partial charge in [-0.1, -0.05) is 115 Å². The molecular weight excluding hydrogens is 745 g/mol. The van der Waals surface area contributed by atoms with Crippen molar-refractivity contribution < 1.29 is 0 Å². The van der Waals surface area contributed by atoms with E-state index in [0.29, 0.717) is 5.95 Å². The second-order valence-electron chi connectivity index (χ2n) is 15.3. The SMILES string of the molecule is c1ccc(-n2c3cccc4c5ccccc5c5cccc6c5c5c(c43)c2ccc5n6-c2nc(-c3ccc4c(c3)sc3ccccc34)c3sc4ccccc4c3n2)cc1. The molecule has 0 unspecified atom stereocenters. The van der Waals surface area contributed by atoms with E-state index in [1.807, 2.05) is 11.3 Å². The highest BCUT2D eigenvalue weighted by atomic mass is 32.1. The zero-order valence-electron chi connectivity index (χ0n) is 30.8. The molecule has 4 nitrogen and oxygen atoms in total. The lowest BCUT2D eigenvalue weighted by Gasteiger charge is -2.11. The first-order valence-electron chi connectivity index (χ1n) is 19.6. The van der Waals surface area contributed by atoms with Gasteiger partial charge in [0.2, 0.25) is 5.95 Å². The Morgan fingerprint density at radius 1 is 0.362 bits per heavy atom. The third-order valence-corrected chi connectivity index (χ3v) is 14.6. The fourth-order valence-corrected chi connectivity index (χ4v) is 12.2. The third-order valence-electron chi connectivity index (χ3n) is 12.3. The summed E-state index contributed by atoms with van der Waals surface area (Å²) < 4.78 is 9.66. The van der Waals surface area contributed by atoms with E-state index < -0.39 is 0 Å². The van der Waals surface area contributed by atoms with Crippen LogP contribution in [-0.4, -0.2) is 19.1 Å². The van der Waals surface area contributed by atoms with E-state index >= 15 is 0 Å². The molecule has 0 N–H and O–H groups in total. The second kappa shape index (κ2) is 11.3. The van der Waals surface area contributed by atoms with E-state index in [9.17, 15) is 0 Å². The van der Waals surface area contributed by atoms with E-state index in [1.54, 1.807) is 11.3 Å². The van der Waals surface area contributed by atoms with Crippen molar-refractivity contribution in [3.8, 4) is 22.9 Å². The summed E-state index contributed by atoms with van der Waals surface area (Å²) in [6.07, 6.45) is 0. The van der Waals surface area contributed by atoms with E-state index in [2.05, 4.69) is 179 Å². The largest absolute Gasteiger partial charge is 0.309 e. The van der Waals surface area contributed by atoms with E-state index in [0.717, 1.165) is 43.6 Å². The lowest BCUT2D eigenvalue weighted by Crippen LogP contribution is -2.02. The summed E-state index contributed by atoms with van der Waals surface area (Å²) in [5.41, 5.74) is 8.78. The minimum atomic E-state index is 0.679. The van der Waals surface area contributed by atoms with Gasteiger partial charge in [0.15, 0.2) is 0 Å². The van der Waals surface area contributed by atoms with Crippen molar-refractivity contribution in [2.24, 2.45) is 0 Å². The molecule has 6 heteroatoms. The normalized spacial score (nSPS) is 12.5. The summed E-state index contributed by atoms with van der Waals surface area (Å²) in [7, 11) is 0. The molecule has 5 aromatic heterocycles. The maximum absolute atomic E-state index is 5.64. The molecule has 0 bridgehead atoms. The third kappa shape index (κ3) is 3.98. The fourth-order valence-electron chi connectivity index (χ4n) is 9.92. The molecule has 0 aliphatic heterocycles. The Morgan fingerprint density at radius 2 is 0.914 bits per heavy atom. The Balaban J connectivity index is 1.17. The predicted octanol–water partition coefficient (Wildman–Crippen LogP) is 14.8. The molecule has 0 spiro atoms. The van der Waals surface area contributed by atoms with Gasteiger partial charge in [0, 0.05) is 63.1 Å². The number of fused-ring (bicyclic) bond motifs is 9. The van der Waals surface area contributed by atoms with Crippen molar-refractivity contribution in [3.63, 3.8) is 0 Å². The molecule has 268 valence electrons. The lowest BCUT2D eigenvalue weighted by atomic mass is 9.95. The van der Waals surface area contributed by atoms with Crippen molar-refractivity contribution in [3.05, 3.63) is 170 Å². The van der Waals surface area contributed by atoms with Gasteiger partial charge in [-0.15, -0.1) is 22.7 Å². The molecule has 0 aliphatic carbocycles. The second-order valence-corrected chi connectivity index (χ2v) is 17.4. The number of benzene rings is 8. The van der Waals surface area contributed by atoms with E-state index in [-0.39, 0.29) is 0 Å². The molecule has 0 fully saturated rings. The number of hydrogen-bond acceptors (Lipinski definition) is 4. The van der Waals surface area contributed by atoms with Crippen LogP contribution in [-0.2, 0) is 0 Å². The summed E-state index contributed by atoms with van der Waals surface area (Å²) in [5, 5.41) is 13.7. The predicted molar refractivity (Wildman–Crippen MR) is 248 cm³/mol. The average Bonchev–Trinajstić information content (AvgIpc) is 4.03. The average molecular weight is 773 g/mol. The number of thiophene rings is 2. The first-order chi connectivity index (χ1) is 28.8. The molecular formula is C52H28N4S2. The molecule has 14 rings (SSSR count). The molecule has 0 saturated heterocycles. The molecule has 9 aromatic carbocycles. The number of hydrogen-bond donors (Lipinski definition) is 0. The minimum absolute atomic E-state index is 0.679. The number of rotatable bonds is 3. The van der Waals surface area contributed by atoms with Crippen molar-refractivity contribution in [2.75, 3.05) is 0 Å². The monoisotopic (exact) mass is 772 g/mol. The maximum atomic E-state index is 5.64. The smallest absolute Gasteiger partial charge is 0.235 e. The first-order valence-corrected chi connectivity index (χ1v) is 21.2. The fraction of sp³-hybridized carbons (Fsp3) is 0. The Kier molecular flexibility index (Phi) is 6.02. The van der Waals surface area contributed by atoms with Gasteiger partial charge in [-0.2, -0.15) is 0 Å². The number of para-hydroxylation sites is 1. The number of aromatic nitrogens is 4. The highest BCUT2D eigenvalue weighted by molar-refractivity contribution is 7.26. The topological polar surface area (TPSA) is 35.6 Å². The van der Waals surface area contributed by atoms with E-state index in [4.69, 9.17) is 9.97 Å². The zero-order chi connectivity index (χ0) is 37.6. The van der Waals surface area contributed by atoms with Crippen molar-refractivity contribution in [1.29, 1.82) is 0 Å². The van der Waals surface area contributed by atoms with Crippen LogP contribution in [0.5, 0.6) is 0 Å². The molecule has 5 heterocycles. The Morgan fingerprint density at radius 3 is 1.64 bits per heavy atom. The summed E-state index contributed by atoms with van der Waals surface area (Å²) in [4.78, 5) is 11.2. The van der Waals surface area contributed by atoms with Crippen LogP contribution < -0.4 is 0 Å². The van der Waals surface area contributed by atoms with Gasteiger partial charge in [-0.25, -0.2) is 9.97 Å². The minimum Gasteiger partial charge on any atom is -0.309 e. The summed E-state index contributed by atoms with van der Waals surface area (Å²) >= 11 is 3.63. The Labute approximate surface area is 338 Å². The van der Waals surface area contributed by atoms with Gasteiger partial charge < -0.3 is 4.57 Å². The standard InChI is InChI=1S/C52H28N4S2/c1-2-12-30(13-3-1)55-38-20-10-18-35-31-14-4-5-15-32(31)36-19-11-21-39-46(36)48-41(27-26-40(55)47(48)45(35)38)56(39)52-53-49(51-50(54-52)37-17-7-9-23-43(37)58-51)29-24-25-34-33-16-6-8-22-42(33)57-44(34)28-29/h1-28H. The molecule has 0 radical (unpaired) electrons. The van der Waals surface area contributed by atoms with Gasteiger partial charge in [0.25, 0.3) is 0 Å². The summed E-state index contributed by atoms with van der Waals surface area (Å²) in [6, 6.07) is 62.1. The molecule has 0 saturated carbocycles. The van der Waals surface area contributed by atoms with Gasteiger partial charge >= 0.3 is 0 Å². The summed E-state index contributed by atoms with van der Waals surface area (Å²) in [5.74, 6) is 0.679. The van der Waals surface area contributed by atoms with Crippen LogP contribution in [0, 0.1) is 0 Å². The van der Waals surface area contributed by atoms with E-state index in [1.165, 1.54) is 79.0 Å². The van der Waals surface area contributed by atoms with Crippen LogP contribution in [0.2, 0.25) is 0 Å². The van der Waals surface area contributed by atoms with Crippen LogP contribution >= 0.6 is 22.7 Å². The Bertz CT molecular complexity index is 4030. The van der Waals surface area contributed by atoms with Crippen molar-refractivity contribution >= 4 is 128 Å². The van der Waals surface area contributed by atoms with Crippen molar-refractivity contribution in [1.82, 2.24) is 19.1 Å². The molecule has 0 aliphatic rings. The van der Waals surface area contributed by atoms with Crippen LogP contribution in [0.25, 0.3) is 129 Å². The van der Waals surface area contributed by atoms with Crippen LogP contribution in [0.1, 0.15) is 0 Å². The Hall–Kier alpha value is -7.12. The van der Waals surface area contributed by atoms with Crippen LogP contribution in [0.15, 0.2) is 170 Å². The highest BCUT2D eigenvalue weighted by Crippen LogP contribution is 2.48. The molecule has 0 atom stereocenters. The summed E-state index contributed by atoms with van der Waals surface area (Å²) in [6.45, 7) is 0. The quantitative estimate of drug-likeness (QED) is 0.179. The first kappa shape index (κ1) is 31.0. The number of nitrogens with zero attached hydrogens (tertiary/aromatic N) is 4. The van der Waals surface area contributed by atoms with Crippen molar-refractivity contribution in [2.45, 2.75) is 0 Å². The molecule has 14 aromatic rings. The van der Waals surface area contributed by atoms with Gasteiger partial charge in [-0.05, 0) is 76.1 Å². The molecule has 58 heavy (non-hydrogen) atoms. The van der Waals surface area contributed by atoms with Crippen LogP contribution in [0.3, 0.4) is 0 Å². The zero-order valence-corrected chi connectivity index (χ0v) is 32.4. The van der Waals surface area contributed by atoms with Gasteiger partial charge in [0.1, 0.15) is 0 Å². The lowest BCUT2D eigenvalue weighted by molar-refractivity contribution is 1.02. The van der Waals surface area contributed by atoms with Crippen LogP contribution in [0.4, 0.5) is 0 Å². The highest BCUT2D eigenvalue weighted by Gasteiger charge is 2.26. The maximum Gasteiger partial charge on any atom is 0.235 e. The van der Waals surface area contributed by atoms with Gasteiger partial charge in [0.05, 0.1) is 38.0 Å². The van der Waals surface area contributed by atoms with Gasteiger partial charge in [-0.3, -0.25) is 4.57 Å². The molecule has 0 amide bonds.